The first-order valence-electron chi connectivity index (χ1n) is 9.15. The minimum absolute atomic E-state index is 0.169. The van der Waals surface area contributed by atoms with Crippen molar-refractivity contribution in [3.05, 3.63) is 71.7 Å². The number of benzene rings is 2. The molecule has 1 heterocycles. The highest BCUT2D eigenvalue weighted by Crippen LogP contribution is 2.22. The maximum atomic E-state index is 13.2. The number of nitrogens with one attached hydrogen (secondary N) is 1. The fraction of sp³-hybridized carbons (Fsp3) is 0.273. The van der Waals surface area contributed by atoms with Crippen LogP contribution in [0.15, 0.2) is 54.6 Å². The summed E-state index contributed by atoms with van der Waals surface area (Å²) in [5.41, 5.74) is 3.75. The number of aryl methyl sites for hydroxylation is 1. The lowest BCUT2D eigenvalue weighted by molar-refractivity contribution is 0.0944. The highest BCUT2D eigenvalue weighted by atomic mass is 19.1. The molecule has 0 spiro atoms. The van der Waals surface area contributed by atoms with Gasteiger partial charge in [0.25, 0.3) is 5.91 Å². The SMILES string of the molecule is Cc1cccc(-n2nc(-c3ccc(F)cc3)cc2C(=O)NCCC(C)C)c1. The Morgan fingerprint density at radius 2 is 1.89 bits per heavy atom. The molecule has 0 unspecified atom stereocenters. The number of hydrogen-bond acceptors (Lipinski definition) is 2. The molecular formula is C22H24FN3O. The standard InChI is InChI=1S/C22H24FN3O/c1-15(2)11-12-24-22(27)21-14-20(17-7-9-18(23)10-8-17)25-26(21)19-6-4-5-16(3)13-19/h4-10,13-15H,11-12H2,1-3H3,(H,24,27). The molecule has 0 aliphatic heterocycles. The smallest absolute Gasteiger partial charge is 0.270 e. The third kappa shape index (κ3) is 4.61. The van der Waals surface area contributed by atoms with Crippen LogP contribution < -0.4 is 5.32 Å². The van der Waals surface area contributed by atoms with Crippen LogP contribution in [-0.4, -0.2) is 22.2 Å². The number of aromatic nitrogens is 2. The van der Waals surface area contributed by atoms with Crippen LogP contribution >= 0.6 is 0 Å². The third-order valence-electron chi connectivity index (χ3n) is 4.34. The summed E-state index contributed by atoms with van der Waals surface area (Å²) < 4.78 is 14.9. The average Bonchev–Trinajstić information content (AvgIpc) is 3.07. The summed E-state index contributed by atoms with van der Waals surface area (Å²) in [6.45, 7) is 6.85. The highest BCUT2D eigenvalue weighted by Gasteiger charge is 2.17. The van der Waals surface area contributed by atoms with Gasteiger partial charge in [0.05, 0.1) is 11.4 Å². The zero-order valence-electron chi connectivity index (χ0n) is 15.9. The summed E-state index contributed by atoms with van der Waals surface area (Å²) in [6.07, 6.45) is 0.912. The van der Waals surface area contributed by atoms with Crippen molar-refractivity contribution >= 4 is 5.91 Å². The normalized spacial score (nSPS) is 11.0. The number of nitrogens with zero attached hydrogens (tertiary/aromatic N) is 2. The van der Waals surface area contributed by atoms with Crippen molar-refractivity contribution < 1.29 is 9.18 Å². The summed E-state index contributed by atoms with van der Waals surface area (Å²) in [5, 5.41) is 7.59. The van der Waals surface area contributed by atoms with Gasteiger partial charge in [0.15, 0.2) is 0 Å². The van der Waals surface area contributed by atoms with Crippen molar-refractivity contribution in [1.82, 2.24) is 15.1 Å². The van der Waals surface area contributed by atoms with Gasteiger partial charge in [-0.25, -0.2) is 9.07 Å². The Bertz CT molecular complexity index is 929. The molecule has 1 N–H and O–H groups in total. The molecule has 1 amide bonds. The first kappa shape index (κ1) is 18.8. The Labute approximate surface area is 159 Å². The van der Waals surface area contributed by atoms with Gasteiger partial charge in [-0.05, 0) is 67.3 Å². The zero-order chi connectivity index (χ0) is 19.4. The van der Waals surface area contributed by atoms with E-state index in [9.17, 15) is 9.18 Å². The first-order chi connectivity index (χ1) is 12.9. The van der Waals surface area contributed by atoms with Gasteiger partial charge in [-0.3, -0.25) is 4.79 Å². The molecule has 1 aromatic heterocycles. The predicted octanol–water partition coefficient (Wildman–Crippen LogP) is 4.76. The van der Waals surface area contributed by atoms with Crippen LogP contribution in [0.1, 0.15) is 36.3 Å². The molecule has 5 heteroatoms. The average molecular weight is 365 g/mol. The van der Waals surface area contributed by atoms with Gasteiger partial charge in [0.1, 0.15) is 11.5 Å². The van der Waals surface area contributed by atoms with Gasteiger partial charge in [0.2, 0.25) is 0 Å². The van der Waals surface area contributed by atoms with E-state index in [1.165, 1.54) is 12.1 Å². The third-order valence-corrected chi connectivity index (χ3v) is 4.34. The van der Waals surface area contributed by atoms with E-state index >= 15 is 0 Å². The van der Waals surface area contributed by atoms with E-state index in [4.69, 9.17) is 0 Å². The molecule has 3 rings (SSSR count). The number of amides is 1. The Hall–Kier alpha value is -2.95. The van der Waals surface area contributed by atoms with E-state index in [0.29, 0.717) is 23.9 Å². The van der Waals surface area contributed by atoms with Crippen molar-refractivity contribution in [2.45, 2.75) is 27.2 Å². The molecule has 27 heavy (non-hydrogen) atoms. The van der Waals surface area contributed by atoms with Crippen molar-refractivity contribution in [3.8, 4) is 16.9 Å². The van der Waals surface area contributed by atoms with Gasteiger partial charge in [-0.2, -0.15) is 5.10 Å². The number of carbonyl (C=O) groups excluding carboxylic acids is 1. The molecule has 0 fully saturated rings. The van der Waals surface area contributed by atoms with Crippen molar-refractivity contribution in [2.75, 3.05) is 6.54 Å². The molecule has 4 nitrogen and oxygen atoms in total. The molecule has 0 radical (unpaired) electrons. The lowest BCUT2D eigenvalue weighted by Gasteiger charge is -2.10. The van der Waals surface area contributed by atoms with Crippen LogP contribution in [0.3, 0.4) is 0 Å². The summed E-state index contributed by atoms with van der Waals surface area (Å²) in [7, 11) is 0. The van der Waals surface area contributed by atoms with Crippen molar-refractivity contribution in [3.63, 3.8) is 0 Å². The van der Waals surface area contributed by atoms with Gasteiger partial charge >= 0.3 is 0 Å². The maximum Gasteiger partial charge on any atom is 0.270 e. The molecule has 0 aliphatic rings. The lowest BCUT2D eigenvalue weighted by atomic mass is 10.1. The second-order valence-corrected chi connectivity index (χ2v) is 7.11. The Kier molecular flexibility index (Phi) is 5.69. The molecule has 3 aromatic rings. The van der Waals surface area contributed by atoms with Crippen LogP contribution in [0.4, 0.5) is 4.39 Å². The van der Waals surface area contributed by atoms with E-state index in [0.717, 1.165) is 23.2 Å². The van der Waals surface area contributed by atoms with Gasteiger partial charge in [0, 0.05) is 12.1 Å². The minimum atomic E-state index is -0.302. The Morgan fingerprint density at radius 1 is 1.15 bits per heavy atom. The largest absolute Gasteiger partial charge is 0.351 e. The molecular weight excluding hydrogens is 341 g/mol. The van der Waals surface area contributed by atoms with Crippen molar-refractivity contribution in [2.24, 2.45) is 5.92 Å². The predicted molar refractivity (Wildman–Crippen MR) is 105 cm³/mol. The van der Waals surface area contributed by atoms with E-state index < -0.39 is 0 Å². The maximum absolute atomic E-state index is 13.2. The molecule has 140 valence electrons. The number of rotatable bonds is 6. The second-order valence-electron chi connectivity index (χ2n) is 7.11. The number of halogens is 1. The van der Waals surface area contributed by atoms with Crippen LogP contribution in [0.2, 0.25) is 0 Å². The molecule has 0 aliphatic carbocycles. The fourth-order valence-corrected chi connectivity index (χ4v) is 2.83. The topological polar surface area (TPSA) is 46.9 Å². The second kappa shape index (κ2) is 8.16. The zero-order valence-corrected chi connectivity index (χ0v) is 15.9. The fourth-order valence-electron chi connectivity index (χ4n) is 2.83. The highest BCUT2D eigenvalue weighted by molar-refractivity contribution is 5.94. The minimum Gasteiger partial charge on any atom is -0.351 e. The van der Waals surface area contributed by atoms with Gasteiger partial charge in [-0.15, -0.1) is 0 Å². The van der Waals surface area contributed by atoms with Crippen LogP contribution in [-0.2, 0) is 0 Å². The van der Waals surface area contributed by atoms with Gasteiger partial charge in [-0.1, -0.05) is 26.0 Å². The van der Waals surface area contributed by atoms with E-state index in [-0.39, 0.29) is 11.7 Å². The molecule has 0 saturated heterocycles. The summed E-state index contributed by atoms with van der Waals surface area (Å²) in [4.78, 5) is 12.8. The Balaban J connectivity index is 1.98. The molecule has 0 atom stereocenters. The summed E-state index contributed by atoms with van der Waals surface area (Å²) in [5.74, 6) is 0.0447. The summed E-state index contributed by atoms with van der Waals surface area (Å²) >= 11 is 0. The quantitative estimate of drug-likeness (QED) is 0.684. The van der Waals surface area contributed by atoms with Crippen LogP contribution in [0.25, 0.3) is 16.9 Å². The number of hydrogen-bond donors (Lipinski definition) is 1. The van der Waals surface area contributed by atoms with E-state index in [2.05, 4.69) is 24.3 Å². The van der Waals surface area contributed by atoms with Crippen molar-refractivity contribution in [1.29, 1.82) is 0 Å². The van der Waals surface area contributed by atoms with Gasteiger partial charge < -0.3 is 5.32 Å². The monoisotopic (exact) mass is 365 g/mol. The number of carbonyl (C=O) groups is 1. The van der Waals surface area contributed by atoms with E-state index in [1.807, 2.05) is 31.2 Å². The van der Waals surface area contributed by atoms with Crippen LogP contribution in [0.5, 0.6) is 0 Å². The summed E-state index contributed by atoms with van der Waals surface area (Å²) in [6, 6.07) is 15.7. The molecule has 2 aromatic carbocycles. The lowest BCUT2D eigenvalue weighted by Crippen LogP contribution is -2.27. The van der Waals surface area contributed by atoms with Crippen LogP contribution in [0, 0.1) is 18.7 Å². The Morgan fingerprint density at radius 3 is 2.56 bits per heavy atom. The van der Waals surface area contributed by atoms with E-state index in [1.54, 1.807) is 22.9 Å². The molecule has 0 bridgehead atoms. The molecule has 0 saturated carbocycles. The first-order valence-corrected chi connectivity index (χ1v) is 9.15.